The Morgan fingerprint density at radius 3 is 2.28 bits per heavy atom. The number of likely N-dealkylation sites (tertiary alicyclic amines) is 1. The Balaban J connectivity index is 2.36. The van der Waals surface area contributed by atoms with E-state index in [0.717, 1.165) is 12.8 Å². The van der Waals surface area contributed by atoms with Crippen molar-refractivity contribution < 1.29 is 19.5 Å². The highest BCUT2D eigenvalue weighted by Gasteiger charge is 2.24. The van der Waals surface area contributed by atoms with Gasteiger partial charge in [-0.2, -0.15) is 0 Å². The molecule has 0 radical (unpaired) electrons. The number of hydrogen-bond donors (Lipinski definition) is 1. The Labute approximate surface area is 107 Å². The van der Waals surface area contributed by atoms with E-state index >= 15 is 0 Å². The van der Waals surface area contributed by atoms with Crippen LogP contribution in [-0.2, 0) is 14.4 Å². The van der Waals surface area contributed by atoms with Crippen molar-refractivity contribution in [1.29, 1.82) is 0 Å². The van der Waals surface area contributed by atoms with Gasteiger partial charge in [-0.3, -0.25) is 14.4 Å². The Kier molecular flexibility index (Phi) is 5.12. The molecular formula is C12H20N2O4. The smallest absolute Gasteiger partial charge is 0.303 e. The molecule has 18 heavy (non-hydrogen) atoms. The van der Waals surface area contributed by atoms with E-state index in [9.17, 15) is 14.4 Å². The fourth-order valence-electron chi connectivity index (χ4n) is 2.05. The van der Waals surface area contributed by atoms with Crippen molar-refractivity contribution in [2.75, 3.05) is 26.7 Å². The molecule has 0 unspecified atom stereocenters. The summed E-state index contributed by atoms with van der Waals surface area (Å²) in [5, 5.41) is 8.70. The number of nitrogens with zero attached hydrogens (tertiary/aromatic N) is 2. The summed E-state index contributed by atoms with van der Waals surface area (Å²) in [5.74, 6) is -0.821. The van der Waals surface area contributed by atoms with Crippen molar-refractivity contribution in [3.8, 4) is 0 Å². The topological polar surface area (TPSA) is 77.9 Å². The van der Waals surface area contributed by atoms with Gasteiger partial charge in [0.15, 0.2) is 0 Å². The van der Waals surface area contributed by atoms with Crippen LogP contribution in [0.5, 0.6) is 0 Å². The summed E-state index contributed by atoms with van der Waals surface area (Å²) in [4.78, 5) is 36.5. The summed E-state index contributed by atoms with van der Waals surface area (Å²) >= 11 is 0. The third-order valence-corrected chi connectivity index (χ3v) is 3.34. The second-order valence-electron chi connectivity index (χ2n) is 4.80. The standard InChI is InChI=1S/C12H20N2O4/c1-9(15)13(2)8-11(16)14-5-3-10(4-6-14)7-12(17)18/h10H,3-8H2,1-2H3,(H,17,18). The molecule has 1 aliphatic heterocycles. The van der Waals surface area contributed by atoms with Crippen LogP contribution in [0.4, 0.5) is 0 Å². The van der Waals surface area contributed by atoms with Gasteiger partial charge >= 0.3 is 5.97 Å². The van der Waals surface area contributed by atoms with Crippen LogP contribution in [0.1, 0.15) is 26.2 Å². The third-order valence-electron chi connectivity index (χ3n) is 3.34. The fraction of sp³-hybridized carbons (Fsp3) is 0.750. The maximum Gasteiger partial charge on any atom is 0.303 e. The number of aliphatic carboxylic acids is 1. The van der Waals surface area contributed by atoms with Crippen LogP contribution >= 0.6 is 0 Å². The van der Waals surface area contributed by atoms with Crippen molar-refractivity contribution >= 4 is 17.8 Å². The first kappa shape index (κ1) is 14.5. The molecule has 1 N–H and O–H groups in total. The predicted octanol–water partition coefficient (Wildman–Crippen LogP) is 0.178. The summed E-state index contributed by atoms with van der Waals surface area (Å²) < 4.78 is 0. The van der Waals surface area contributed by atoms with E-state index < -0.39 is 5.97 Å². The van der Waals surface area contributed by atoms with Crippen LogP contribution in [0, 0.1) is 5.92 Å². The number of carbonyl (C=O) groups is 3. The second-order valence-corrected chi connectivity index (χ2v) is 4.80. The Bertz CT molecular complexity index is 335. The van der Waals surface area contributed by atoms with E-state index in [4.69, 9.17) is 5.11 Å². The van der Waals surface area contributed by atoms with E-state index in [1.54, 1.807) is 11.9 Å². The zero-order chi connectivity index (χ0) is 13.7. The zero-order valence-corrected chi connectivity index (χ0v) is 10.9. The summed E-state index contributed by atoms with van der Waals surface area (Å²) in [5.41, 5.74) is 0. The lowest BCUT2D eigenvalue weighted by molar-refractivity contribution is -0.140. The number of carboxylic acids is 1. The van der Waals surface area contributed by atoms with E-state index in [2.05, 4.69) is 0 Å². The molecule has 2 amide bonds. The van der Waals surface area contributed by atoms with Gasteiger partial charge in [0.1, 0.15) is 0 Å². The van der Waals surface area contributed by atoms with Crippen molar-refractivity contribution in [3.63, 3.8) is 0 Å². The fourth-order valence-corrected chi connectivity index (χ4v) is 2.05. The third kappa shape index (κ3) is 4.35. The number of piperidine rings is 1. The average molecular weight is 256 g/mol. The monoisotopic (exact) mass is 256 g/mol. The van der Waals surface area contributed by atoms with Crippen molar-refractivity contribution in [3.05, 3.63) is 0 Å². The molecule has 6 nitrogen and oxygen atoms in total. The van der Waals surface area contributed by atoms with Crippen LogP contribution in [0.15, 0.2) is 0 Å². The minimum absolute atomic E-state index is 0.0681. The van der Waals surface area contributed by atoms with Gasteiger partial charge in [0, 0.05) is 33.5 Å². The predicted molar refractivity (Wildman–Crippen MR) is 64.9 cm³/mol. The summed E-state index contributed by atoms with van der Waals surface area (Å²) in [6.45, 7) is 2.69. The van der Waals surface area contributed by atoms with Gasteiger partial charge in [-0.15, -0.1) is 0 Å². The van der Waals surface area contributed by atoms with Crippen molar-refractivity contribution in [2.45, 2.75) is 26.2 Å². The number of amides is 2. The number of rotatable bonds is 4. The van der Waals surface area contributed by atoms with Gasteiger partial charge < -0.3 is 14.9 Å². The highest BCUT2D eigenvalue weighted by molar-refractivity contribution is 5.83. The molecule has 0 spiro atoms. The van der Waals surface area contributed by atoms with E-state index in [1.165, 1.54) is 11.8 Å². The lowest BCUT2D eigenvalue weighted by Crippen LogP contribution is -2.44. The van der Waals surface area contributed by atoms with Crippen molar-refractivity contribution in [1.82, 2.24) is 9.80 Å². The molecule has 0 saturated carbocycles. The summed E-state index contributed by atoms with van der Waals surface area (Å²) in [6, 6.07) is 0. The largest absolute Gasteiger partial charge is 0.481 e. The molecular weight excluding hydrogens is 236 g/mol. The molecule has 1 heterocycles. The molecule has 0 aliphatic carbocycles. The van der Waals surface area contributed by atoms with Crippen LogP contribution in [0.25, 0.3) is 0 Å². The molecule has 1 aliphatic rings. The normalized spacial score (nSPS) is 16.4. The molecule has 0 aromatic carbocycles. The van der Waals surface area contributed by atoms with Crippen molar-refractivity contribution in [2.24, 2.45) is 5.92 Å². The Hall–Kier alpha value is -1.59. The molecule has 0 atom stereocenters. The lowest BCUT2D eigenvalue weighted by atomic mass is 9.93. The highest BCUT2D eigenvalue weighted by Crippen LogP contribution is 2.20. The Morgan fingerprint density at radius 2 is 1.83 bits per heavy atom. The summed E-state index contributed by atoms with van der Waals surface area (Å²) in [6.07, 6.45) is 1.62. The average Bonchev–Trinajstić information content (AvgIpc) is 2.28. The lowest BCUT2D eigenvalue weighted by Gasteiger charge is -2.32. The molecule has 0 bridgehead atoms. The number of carbonyl (C=O) groups excluding carboxylic acids is 2. The molecule has 0 aromatic rings. The maximum absolute atomic E-state index is 11.9. The number of carboxylic acid groups (broad SMARTS) is 1. The van der Waals surface area contributed by atoms with Crippen LogP contribution < -0.4 is 0 Å². The maximum atomic E-state index is 11.9. The molecule has 6 heteroatoms. The minimum atomic E-state index is -0.781. The quantitative estimate of drug-likeness (QED) is 0.778. The Morgan fingerprint density at radius 1 is 1.28 bits per heavy atom. The van der Waals surface area contributed by atoms with Gasteiger partial charge in [-0.05, 0) is 18.8 Å². The SMILES string of the molecule is CC(=O)N(C)CC(=O)N1CCC(CC(=O)O)CC1. The number of hydrogen-bond acceptors (Lipinski definition) is 3. The van der Waals surface area contributed by atoms with E-state index in [-0.39, 0.29) is 30.7 Å². The van der Waals surface area contributed by atoms with Gasteiger partial charge in [-0.25, -0.2) is 0 Å². The molecule has 0 aromatic heterocycles. The number of likely N-dealkylation sites (N-methyl/N-ethyl adjacent to an activating group) is 1. The van der Waals surface area contributed by atoms with Gasteiger partial charge in [-0.1, -0.05) is 0 Å². The van der Waals surface area contributed by atoms with Crippen LogP contribution in [0.2, 0.25) is 0 Å². The highest BCUT2D eigenvalue weighted by atomic mass is 16.4. The van der Waals surface area contributed by atoms with E-state index in [0.29, 0.717) is 13.1 Å². The van der Waals surface area contributed by atoms with Gasteiger partial charge in [0.2, 0.25) is 11.8 Å². The zero-order valence-electron chi connectivity index (χ0n) is 10.9. The first-order valence-corrected chi connectivity index (χ1v) is 6.11. The molecule has 1 saturated heterocycles. The summed E-state index contributed by atoms with van der Waals surface area (Å²) in [7, 11) is 1.59. The van der Waals surface area contributed by atoms with Crippen LogP contribution in [0.3, 0.4) is 0 Å². The minimum Gasteiger partial charge on any atom is -0.481 e. The molecule has 1 rings (SSSR count). The first-order chi connectivity index (χ1) is 8.40. The second kappa shape index (κ2) is 6.37. The first-order valence-electron chi connectivity index (χ1n) is 6.11. The molecule has 102 valence electrons. The molecule has 1 fully saturated rings. The van der Waals surface area contributed by atoms with Gasteiger partial charge in [0.05, 0.1) is 6.54 Å². The van der Waals surface area contributed by atoms with Gasteiger partial charge in [0.25, 0.3) is 0 Å². The van der Waals surface area contributed by atoms with E-state index in [1.807, 2.05) is 0 Å². The van der Waals surface area contributed by atoms with Crippen LogP contribution in [-0.4, -0.2) is 59.4 Å².